The average molecular weight is 205 g/mol. The van der Waals surface area contributed by atoms with Crippen LogP contribution >= 0.6 is 0 Å². The summed E-state index contributed by atoms with van der Waals surface area (Å²) in [6, 6.07) is 5.40. The summed E-state index contributed by atoms with van der Waals surface area (Å²) in [5.41, 5.74) is 1.85. The van der Waals surface area contributed by atoms with Gasteiger partial charge in [-0.15, -0.1) is 0 Å². The molecule has 1 unspecified atom stereocenters. The van der Waals surface area contributed by atoms with Crippen LogP contribution in [0, 0.1) is 11.7 Å². The molecule has 0 radical (unpaired) electrons. The van der Waals surface area contributed by atoms with E-state index in [1.807, 2.05) is 12.1 Å². The highest BCUT2D eigenvalue weighted by atomic mass is 19.1. The van der Waals surface area contributed by atoms with Gasteiger partial charge in [0.05, 0.1) is 5.52 Å². The van der Waals surface area contributed by atoms with Crippen molar-refractivity contribution in [1.29, 1.82) is 0 Å². The van der Waals surface area contributed by atoms with Crippen LogP contribution in [0.1, 0.15) is 32.3 Å². The number of hydrogen-bond donors (Lipinski definition) is 1. The molecule has 1 N–H and O–H groups in total. The number of aromatic amines is 1. The summed E-state index contributed by atoms with van der Waals surface area (Å²) >= 11 is 0. The predicted octanol–water partition coefficient (Wildman–Crippen LogP) is 4.07. The molecule has 1 aromatic carbocycles. The maximum Gasteiger partial charge on any atom is 0.147 e. The van der Waals surface area contributed by atoms with Gasteiger partial charge in [0.25, 0.3) is 0 Å². The van der Waals surface area contributed by atoms with E-state index < -0.39 is 0 Å². The minimum Gasteiger partial charge on any atom is -0.359 e. The number of benzene rings is 1. The number of nitrogens with one attached hydrogen (secondary N) is 1. The Morgan fingerprint density at radius 3 is 2.53 bits per heavy atom. The zero-order valence-electron chi connectivity index (χ0n) is 9.34. The van der Waals surface area contributed by atoms with Gasteiger partial charge in [0.1, 0.15) is 5.82 Å². The molecule has 1 heterocycles. The fraction of sp³-hybridized carbons (Fsp3) is 0.385. The van der Waals surface area contributed by atoms with Crippen molar-refractivity contribution in [2.45, 2.75) is 26.7 Å². The molecular formula is C13H16FN. The van der Waals surface area contributed by atoms with Crippen LogP contribution < -0.4 is 0 Å². The molecule has 0 aliphatic heterocycles. The summed E-state index contributed by atoms with van der Waals surface area (Å²) in [5.74, 6) is 0.840. The second-order valence-corrected chi connectivity index (χ2v) is 4.44. The van der Waals surface area contributed by atoms with Crippen LogP contribution in [0.3, 0.4) is 0 Å². The van der Waals surface area contributed by atoms with Gasteiger partial charge in [0.15, 0.2) is 0 Å². The molecule has 80 valence electrons. The quantitative estimate of drug-likeness (QED) is 0.760. The molecule has 0 bridgehead atoms. The Bertz CT molecular complexity index is 470. The molecule has 2 heteroatoms. The third kappa shape index (κ3) is 1.65. The van der Waals surface area contributed by atoms with Crippen molar-refractivity contribution in [2.75, 3.05) is 0 Å². The Morgan fingerprint density at radius 1 is 1.13 bits per heavy atom. The Labute approximate surface area is 89.3 Å². The van der Waals surface area contributed by atoms with E-state index in [0.717, 1.165) is 5.39 Å². The van der Waals surface area contributed by atoms with Gasteiger partial charge in [-0.3, -0.25) is 0 Å². The van der Waals surface area contributed by atoms with Crippen LogP contribution in [0.4, 0.5) is 4.39 Å². The number of halogens is 1. The summed E-state index contributed by atoms with van der Waals surface area (Å²) in [5, 5.41) is 1.01. The molecule has 0 saturated carbocycles. The third-order valence-corrected chi connectivity index (χ3v) is 3.20. The van der Waals surface area contributed by atoms with Crippen molar-refractivity contribution in [1.82, 2.24) is 4.98 Å². The minimum absolute atomic E-state index is 0.172. The van der Waals surface area contributed by atoms with Gasteiger partial charge in [-0.25, -0.2) is 4.39 Å². The summed E-state index contributed by atoms with van der Waals surface area (Å²) < 4.78 is 13.4. The van der Waals surface area contributed by atoms with Gasteiger partial charge in [0, 0.05) is 11.6 Å². The minimum atomic E-state index is -0.172. The zero-order chi connectivity index (χ0) is 11.0. The second kappa shape index (κ2) is 3.69. The maximum atomic E-state index is 13.4. The fourth-order valence-corrected chi connectivity index (χ4v) is 1.90. The number of H-pyrrole nitrogens is 1. The lowest BCUT2D eigenvalue weighted by atomic mass is 9.88. The summed E-state index contributed by atoms with van der Waals surface area (Å²) in [6.45, 7) is 6.56. The van der Waals surface area contributed by atoms with E-state index in [9.17, 15) is 4.39 Å². The van der Waals surface area contributed by atoms with Crippen LogP contribution in [0.15, 0.2) is 24.4 Å². The Morgan fingerprint density at radius 2 is 1.87 bits per heavy atom. The van der Waals surface area contributed by atoms with E-state index >= 15 is 0 Å². The van der Waals surface area contributed by atoms with Crippen molar-refractivity contribution >= 4 is 10.9 Å². The van der Waals surface area contributed by atoms with Crippen LogP contribution in [0.2, 0.25) is 0 Å². The molecule has 2 rings (SSSR count). The third-order valence-electron chi connectivity index (χ3n) is 3.20. The van der Waals surface area contributed by atoms with E-state index in [2.05, 4.69) is 25.8 Å². The first-order chi connectivity index (χ1) is 7.11. The number of hydrogen-bond acceptors (Lipinski definition) is 0. The smallest absolute Gasteiger partial charge is 0.147 e. The summed E-state index contributed by atoms with van der Waals surface area (Å²) in [7, 11) is 0. The van der Waals surface area contributed by atoms with Crippen molar-refractivity contribution < 1.29 is 4.39 Å². The van der Waals surface area contributed by atoms with Crippen molar-refractivity contribution in [3.05, 3.63) is 35.8 Å². The topological polar surface area (TPSA) is 15.8 Å². The van der Waals surface area contributed by atoms with Gasteiger partial charge in [0.2, 0.25) is 0 Å². The van der Waals surface area contributed by atoms with E-state index in [1.54, 1.807) is 12.3 Å². The monoisotopic (exact) mass is 205 g/mol. The largest absolute Gasteiger partial charge is 0.359 e. The summed E-state index contributed by atoms with van der Waals surface area (Å²) in [4.78, 5) is 2.95. The van der Waals surface area contributed by atoms with Crippen LogP contribution in [-0.4, -0.2) is 4.98 Å². The van der Waals surface area contributed by atoms with Gasteiger partial charge < -0.3 is 4.98 Å². The molecular weight excluding hydrogens is 189 g/mol. The molecule has 2 aromatic rings. The SMILES string of the molecule is CC(C)C(C)c1ccc(F)c2[nH]ccc12. The number of rotatable bonds is 2. The Balaban J connectivity index is 2.62. The molecule has 0 saturated heterocycles. The molecule has 0 amide bonds. The molecule has 1 aromatic heterocycles. The molecule has 15 heavy (non-hydrogen) atoms. The van der Waals surface area contributed by atoms with E-state index in [-0.39, 0.29) is 5.82 Å². The van der Waals surface area contributed by atoms with Gasteiger partial charge >= 0.3 is 0 Å². The first-order valence-corrected chi connectivity index (χ1v) is 5.36. The van der Waals surface area contributed by atoms with Crippen LogP contribution in [-0.2, 0) is 0 Å². The van der Waals surface area contributed by atoms with Crippen molar-refractivity contribution in [3.8, 4) is 0 Å². The molecule has 1 atom stereocenters. The second-order valence-electron chi connectivity index (χ2n) is 4.44. The highest BCUT2D eigenvalue weighted by Gasteiger charge is 2.14. The Hall–Kier alpha value is -1.31. The highest BCUT2D eigenvalue weighted by Crippen LogP contribution is 2.30. The lowest BCUT2D eigenvalue weighted by molar-refractivity contribution is 0.537. The van der Waals surface area contributed by atoms with Gasteiger partial charge in [-0.2, -0.15) is 0 Å². The van der Waals surface area contributed by atoms with E-state index in [0.29, 0.717) is 17.4 Å². The van der Waals surface area contributed by atoms with Gasteiger partial charge in [-0.1, -0.05) is 26.8 Å². The first kappa shape index (κ1) is 10.2. The molecule has 0 fully saturated rings. The van der Waals surface area contributed by atoms with Crippen LogP contribution in [0.5, 0.6) is 0 Å². The average Bonchev–Trinajstić information content (AvgIpc) is 2.66. The normalized spacial score (nSPS) is 13.7. The number of aromatic nitrogens is 1. The maximum absolute atomic E-state index is 13.4. The van der Waals surface area contributed by atoms with Crippen molar-refractivity contribution in [2.24, 2.45) is 5.92 Å². The van der Waals surface area contributed by atoms with Crippen molar-refractivity contribution in [3.63, 3.8) is 0 Å². The zero-order valence-corrected chi connectivity index (χ0v) is 9.34. The molecule has 0 aliphatic rings. The standard InChI is InChI=1S/C13H16FN/c1-8(2)9(3)10-4-5-12(14)13-11(10)6-7-15-13/h4-9,15H,1-3H3. The van der Waals surface area contributed by atoms with E-state index in [4.69, 9.17) is 0 Å². The number of fused-ring (bicyclic) bond motifs is 1. The predicted molar refractivity (Wildman–Crippen MR) is 61.5 cm³/mol. The fourth-order valence-electron chi connectivity index (χ4n) is 1.90. The first-order valence-electron chi connectivity index (χ1n) is 5.36. The van der Waals surface area contributed by atoms with E-state index in [1.165, 1.54) is 5.56 Å². The van der Waals surface area contributed by atoms with Gasteiger partial charge in [-0.05, 0) is 29.5 Å². The lowest BCUT2D eigenvalue weighted by Crippen LogP contribution is -2.02. The molecule has 0 spiro atoms. The van der Waals surface area contributed by atoms with Crippen LogP contribution in [0.25, 0.3) is 10.9 Å². The lowest BCUT2D eigenvalue weighted by Gasteiger charge is -2.17. The molecule has 0 aliphatic carbocycles. The highest BCUT2D eigenvalue weighted by molar-refractivity contribution is 5.84. The molecule has 1 nitrogen and oxygen atoms in total. The Kier molecular flexibility index (Phi) is 2.51. The summed E-state index contributed by atoms with van der Waals surface area (Å²) in [6.07, 6.45) is 1.80.